The molecule has 0 saturated carbocycles. The number of hydrogen-bond donors (Lipinski definition) is 1. The minimum Gasteiger partial charge on any atom is -0.375 e. The SMILES string of the molecule is Cc1nc(N)sc1C(=O)N1CCCC(C)(C)C1. The lowest BCUT2D eigenvalue weighted by Gasteiger charge is -2.37. The van der Waals surface area contributed by atoms with E-state index in [0.717, 1.165) is 25.2 Å². The summed E-state index contributed by atoms with van der Waals surface area (Å²) < 4.78 is 0. The van der Waals surface area contributed by atoms with Crippen molar-refractivity contribution in [1.82, 2.24) is 9.88 Å². The average molecular weight is 253 g/mol. The van der Waals surface area contributed by atoms with Gasteiger partial charge in [-0.3, -0.25) is 4.79 Å². The fourth-order valence-corrected chi connectivity index (χ4v) is 3.16. The van der Waals surface area contributed by atoms with Gasteiger partial charge >= 0.3 is 0 Å². The van der Waals surface area contributed by atoms with E-state index in [4.69, 9.17) is 5.73 Å². The van der Waals surface area contributed by atoms with Gasteiger partial charge in [0.1, 0.15) is 4.88 Å². The van der Waals surface area contributed by atoms with Crippen LogP contribution in [-0.4, -0.2) is 28.9 Å². The molecule has 1 aromatic heterocycles. The van der Waals surface area contributed by atoms with E-state index in [1.54, 1.807) is 0 Å². The van der Waals surface area contributed by atoms with Crippen LogP contribution in [0.5, 0.6) is 0 Å². The van der Waals surface area contributed by atoms with Crippen LogP contribution in [0.15, 0.2) is 0 Å². The summed E-state index contributed by atoms with van der Waals surface area (Å²) in [5.74, 6) is 0.0875. The normalized spacial score (nSPS) is 19.4. The molecular formula is C12H19N3OS. The molecule has 2 N–H and O–H groups in total. The van der Waals surface area contributed by atoms with Crippen LogP contribution in [0.4, 0.5) is 5.13 Å². The Labute approximate surface area is 106 Å². The predicted molar refractivity (Wildman–Crippen MR) is 70.2 cm³/mol. The van der Waals surface area contributed by atoms with Gasteiger partial charge in [-0.25, -0.2) is 4.98 Å². The molecule has 1 aliphatic heterocycles. The highest BCUT2D eigenvalue weighted by atomic mass is 32.1. The Kier molecular flexibility index (Phi) is 3.12. The number of likely N-dealkylation sites (tertiary alicyclic amines) is 1. The third-order valence-electron chi connectivity index (χ3n) is 3.20. The third-order valence-corrected chi connectivity index (χ3v) is 4.17. The number of nitrogens with zero attached hydrogens (tertiary/aromatic N) is 2. The zero-order chi connectivity index (χ0) is 12.6. The van der Waals surface area contributed by atoms with Gasteiger partial charge in [0.25, 0.3) is 5.91 Å². The maximum absolute atomic E-state index is 12.4. The van der Waals surface area contributed by atoms with Crippen molar-refractivity contribution in [3.63, 3.8) is 0 Å². The zero-order valence-corrected chi connectivity index (χ0v) is 11.4. The number of hydrogen-bond acceptors (Lipinski definition) is 4. The first-order chi connectivity index (χ1) is 7.89. The van der Waals surface area contributed by atoms with Crippen LogP contribution in [0.1, 0.15) is 42.1 Å². The molecule has 0 unspecified atom stereocenters. The van der Waals surface area contributed by atoms with E-state index in [9.17, 15) is 4.79 Å². The second-order valence-corrected chi connectivity index (χ2v) is 6.49. The molecule has 0 aliphatic carbocycles. The van der Waals surface area contributed by atoms with E-state index >= 15 is 0 Å². The molecule has 1 aliphatic rings. The van der Waals surface area contributed by atoms with Gasteiger partial charge in [0.15, 0.2) is 5.13 Å². The Morgan fingerprint density at radius 3 is 2.76 bits per heavy atom. The summed E-state index contributed by atoms with van der Waals surface area (Å²) in [6.07, 6.45) is 2.26. The minimum absolute atomic E-state index is 0.0875. The van der Waals surface area contributed by atoms with Crippen molar-refractivity contribution in [2.75, 3.05) is 18.8 Å². The van der Waals surface area contributed by atoms with Crippen LogP contribution in [0.3, 0.4) is 0 Å². The number of piperidine rings is 1. The third kappa shape index (κ3) is 2.60. The zero-order valence-electron chi connectivity index (χ0n) is 10.6. The highest BCUT2D eigenvalue weighted by Crippen LogP contribution is 2.30. The summed E-state index contributed by atoms with van der Waals surface area (Å²) in [5.41, 5.74) is 6.61. The Balaban J connectivity index is 2.18. The summed E-state index contributed by atoms with van der Waals surface area (Å²) in [7, 11) is 0. The first-order valence-corrected chi connectivity index (χ1v) is 6.73. The van der Waals surface area contributed by atoms with Gasteiger partial charge in [-0.1, -0.05) is 25.2 Å². The van der Waals surface area contributed by atoms with E-state index < -0.39 is 0 Å². The van der Waals surface area contributed by atoms with Gasteiger partial charge in [-0.2, -0.15) is 0 Å². The van der Waals surface area contributed by atoms with Gasteiger partial charge < -0.3 is 10.6 Å². The molecule has 0 spiro atoms. The van der Waals surface area contributed by atoms with E-state index in [1.807, 2.05) is 11.8 Å². The van der Waals surface area contributed by atoms with Crippen LogP contribution in [0, 0.1) is 12.3 Å². The molecule has 5 heteroatoms. The fourth-order valence-electron chi connectivity index (χ4n) is 2.36. The molecule has 0 aromatic carbocycles. The lowest BCUT2D eigenvalue weighted by atomic mass is 9.84. The highest BCUT2D eigenvalue weighted by molar-refractivity contribution is 7.17. The standard InChI is InChI=1S/C12H19N3OS/c1-8-9(17-11(13)14-8)10(16)15-6-4-5-12(2,3)7-15/h4-7H2,1-3H3,(H2,13,14). The second-order valence-electron chi connectivity index (χ2n) is 5.46. The van der Waals surface area contributed by atoms with Crippen molar-refractivity contribution < 1.29 is 4.79 Å². The summed E-state index contributed by atoms with van der Waals surface area (Å²) in [5, 5.41) is 0.474. The van der Waals surface area contributed by atoms with E-state index in [-0.39, 0.29) is 11.3 Å². The van der Waals surface area contributed by atoms with Crippen LogP contribution in [0.2, 0.25) is 0 Å². The molecule has 1 amide bonds. The molecule has 2 heterocycles. The summed E-state index contributed by atoms with van der Waals surface area (Å²) in [4.78, 5) is 19.1. The molecule has 1 fully saturated rings. The topological polar surface area (TPSA) is 59.2 Å². The number of thiazole rings is 1. The molecule has 94 valence electrons. The first kappa shape index (κ1) is 12.4. The van der Waals surface area contributed by atoms with E-state index in [1.165, 1.54) is 17.8 Å². The van der Waals surface area contributed by atoms with Gasteiger partial charge in [0.05, 0.1) is 5.69 Å². The largest absolute Gasteiger partial charge is 0.375 e. The van der Waals surface area contributed by atoms with Crippen molar-refractivity contribution in [2.45, 2.75) is 33.6 Å². The maximum atomic E-state index is 12.4. The summed E-state index contributed by atoms with van der Waals surface area (Å²) in [6, 6.07) is 0. The van der Waals surface area contributed by atoms with E-state index in [2.05, 4.69) is 18.8 Å². The van der Waals surface area contributed by atoms with Crippen molar-refractivity contribution in [3.8, 4) is 0 Å². The first-order valence-electron chi connectivity index (χ1n) is 5.91. The van der Waals surface area contributed by atoms with Gasteiger partial charge in [0.2, 0.25) is 0 Å². The second kappa shape index (κ2) is 4.29. The number of anilines is 1. The van der Waals surface area contributed by atoms with Crippen LogP contribution in [-0.2, 0) is 0 Å². The van der Waals surface area contributed by atoms with Crippen molar-refractivity contribution in [1.29, 1.82) is 0 Å². The van der Waals surface area contributed by atoms with Crippen molar-refractivity contribution in [2.24, 2.45) is 5.41 Å². The van der Waals surface area contributed by atoms with Crippen molar-refractivity contribution in [3.05, 3.63) is 10.6 Å². The number of nitrogen functional groups attached to an aromatic ring is 1. The Hall–Kier alpha value is -1.10. The average Bonchev–Trinajstić information content (AvgIpc) is 2.55. The Morgan fingerprint density at radius 2 is 2.24 bits per heavy atom. The molecule has 2 rings (SSSR count). The lowest BCUT2D eigenvalue weighted by Crippen LogP contribution is -2.43. The Bertz CT molecular complexity index is 439. The molecule has 0 atom stereocenters. The summed E-state index contributed by atoms with van der Waals surface area (Å²) >= 11 is 1.29. The van der Waals surface area contributed by atoms with Gasteiger partial charge in [0, 0.05) is 13.1 Å². The lowest BCUT2D eigenvalue weighted by molar-refractivity contribution is 0.0587. The molecular weight excluding hydrogens is 234 g/mol. The molecule has 4 nitrogen and oxygen atoms in total. The number of rotatable bonds is 1. The molecule has 0 radical (unpaired) electrons. The smallest absolute Gasteiger partial charge is 0.265 e. The highest BCUT2D eigenvalue weighted by Gasteiger charge is 2.31. The fraction of sp³-hybridized carbons (Fsp3) is 0.667. The van der Waals surface area contributed by atoms with Gasteiger partial charge in [-0.05, 0) is 25.2 Å². The molecule has 0 bridgehead atoms. The van der Waals surface area contributed by atoms with Crippen LogP contribution < -0.4 is 5.73 Å². The number of carbonyl (C=O) groups is 1. The monoisotopic (exact) mass is 253 g/mol. The number of carbonyl (C=O) groups excluding carboxylic acids is 1. The number of nitrogens with two attached hydrogens (primary N) is 1. The number of amides is 1. The maximum Gasteiger partial charge on any atom is 0.265 e. The van der Waals surface area contributed by atoms with Crippen molar-refractivity contribution >= 4 is 22.4 Å². The molecule has 17 heavy (non-hydrogen) atoms. The quantitative estimate of drug-likeness (QED) is 0.835. The predicted octanol–water partition coefficient (Wildman–Crippen LogP) is 2.30. The summed E-state index contributed by atoms with van der Waals surface area (Å²) in [6.45, 7) is 7.93. The van der Waals surface area contributed by atoms with E-state index in [0.29, 0.717) is 10.0 Å². The van der Waals surface area contributed by atoms with Crippen LogP contribution >= 0.6 is 11.3 Å². The Morgan fingerprint density at radius 1 is 1.53 bits per heavy atom. The number of aromatic nitrogens is 1. The molecule has 1 aromatic rings. The minimum atomic E-state index is 0.0875. The van der Waals surface area contributed by atoms with Crippen LogP contribution in [0.25, 0.3) is 0 Å². The van der Waals surface area contributed by atoms with Gasteiger partial charge in [-0.15, -0.1) is 0 Å². The number of aryl methyl sites for hydroxylation is 1. The molecule has 1 saturated heterocycles.